The highest BCUT2D eigenvalue weighted by atomic mass is 35.5. The maximum atomic E-state index is 12.3. The minimum Gasteiger partial charge on any atom is -0.463 e. The topological polar surface area (TPSA) is 86.6 Å². The molecule has 0 saturated heterocycles. The Kier molecular flexibility index (Phi) is 4.30. The van der Waals surface area contributed by atoms with Crippen molar-refractivity contribution >= 4 is 17.6 Å². The normalized spacial score (nSPS) is 12.4. The van der Waals surface area contributed by atoms with E-state index in [1.54, 1.807) is 37.5 Å². The molecular weight excluding hydrogens is 360 g/mol. The number of carbonyl (C=O) groups excluding carboxylic acids is 1. The van der Waals surface area contributed by atoms with Crippen LogP contribution < -0.4 is 9.47 Å². The fourth-order valence-corrected chi connectivity index (χ4v) is 3.03. The van der Waals surface area contributed by atoms with Crippen molar-refractivity contribution in [3.63, 3.8) is 0 Å². The van der Waals surface area contributed by atoms with Crippen LogP contribution in [0.15, 0.2) is 34.9 Å². The number of furan rings is 1. The van der Waals surface area contributed by atoms with Gasteiger partial charge in [-0.2, -0.15) is 5.10 Å². The fourth-order valence-electron chi connectivity index (χ4n) is 2.81. The molecule has 134 valence electrons. The molecule has 8 heteroatoms. The van der Waals surface area contributed by atoms with Crippen LogP contribution in [0, 0.1) is 0 Å². The molecule has 2 aromatic heterocycles. The Morgan fingerprint density at radius 3 is 2.88 bits per heavy atom. The summed E-state index contributed by atoms with van der Waals surface area (Å²) >= 11 is 6.39. The van der Waals surface area contributed by atoms with Gasteiger partial charge >= 0.3 is 5.97 Å². The van der Waals surface area contributed by atoms with Gasteiger partial charge in [0.05, 0.1) is 12.9 Å². The second-order valence-corrected chi connectivity index (χ2v) is 6.00. The molecule has 0 bridgehead atoms. The van der Waals surface area contributed by atoms with Crippen molar-refractivity contribution in [2.24, 2.45) is 0 Å². The highest BCUT2D eigenvalue weighted by molar-refractivity contribution is 6.31. The summed E-state index contributed by atoms with van der Waals surface area (Å²) in [6.45, 7) is 2.17. The van der Waals surface area contributed by atoms with Gasteiger partial charge in [0.2, 0.25) is 6.79 Å². The van der Waals surface area contributed by atoms with Crippen LogP contribution in [0.2, 0.25) is 5.02 Å². The van der Waals surface area contributed by atoms with Crippen LogP contribution >= 0.6 is 11.6 Å². The summed E-state index contributed by atoms with van der Waals surface area (Å²) in [6.07, 6.45) is 1.89. The molecule has 0 atom stereocenters. The van der Waals surface area contributed by atoms with E-state index >= 15 is 0 Å². The smallest absolute Gasteiger partial charge is 0.356 e. The van der Waals surface area contributed by atoms with Gasteiger partial charge in [-0.1, -0.05) is 11.6 Å². The average molecular weight is 375 g/mol. The molecule has 1 aliphatic heterocycles. The number of carbonyl (C=O) groups is 1. The van der Waals surface area contributed by atoms with Crippen molar-refractivity contribution < 1.29 is 23.4 Å². The van der Waals surface area contributed by atoms with E-state index in [9.17, 15) is 4.79 Å². The van der Waals surface area contributed by atoms with E-state index in [-0.39, 0.29) is 19.1 Å². The number of nitrogens with zero attached hydrogens (tertiary/aromatic N) is 1. The summed E-state index contributed by atoms with van der Waals surface area (Å²) in [5.41, 5.74) is 2.22. The number of H-pyrrole nitrogens is 1. The van der Waals surface area contributed by atoms with E-state index in [0.29, 0.717) is 40.0 Å². The molecule has 0 radical (unpaired) electrons. The van der Waals surface area contributed by atoms with Crippen LogP contribution in [0.1, 0.15) is 28.5 Å². The third kappa shape index (κ3) is 2.90. The van der Waals surface area contributed by atoms with Crippen molar-refractivity contribution in [3.8, 4) is 23.0 Å². The lowest BCUT2D eigenvalue weighted by Gasteiger charge is -2.08. The summed E-state index contributed by atoms with van der Waals surface area (Å²) in [4.78, 5) is 12.3. The third-order valence-electron chi connectivity index (χ3n) is 4.01. The van der Waals surface area contributed by atoms with Crippen LogP contribution in [0.5, 0.6) is 11.5 Å². The Morgan fingerprint density at radius 2 is 2.15 bits per heavy atom. The maximum absolute atomic E-state index is 12.3. The van der Waals surface area contributed by atoms with Gasteiger partial charge in [0.15, 0.2) is 17.3 Å². The van der Waals surface area contributed by atoms with Crippen molar-refractivity contribution in [3.05, 3.63) is 52.4 Å². The predicted molar refractivity (Wildman–Crippen MR) is 92.6 cm³/mol. The molecule has 3 aromatic rings. The standard InChI is InChI=1S/C18H15ClN2O5/c1-2-23-18(22)17-11(16(20-21-17)13-4-3-5-24-13)6-10-7-14-15(8-12(10)19)26-9-25-14/h3-5,7-8H,2,6,9H2,1H3,(H,20,21). The maximum Gasteiger partial charge on any atom is 0.356 e. The molecule has 3 heterocycles. The van der Waals surface area contributed by atoms with E-state index in [0.717, 1.165) is 5.56 Å². The van der Waals surface area contributed by atoms with Crippen LogP contribution in [0.4, 0.5) is 0 Å². The monoisotopic (exact) mass is 374 g/mol. The first-order valence-electron chi connectivity index (χ1n) is 8.03. The molecule has 0 fully saturated rings. The lowest BCUT2D eigenvalue weighted by molar-refractivity contribution is 0.0518. The molecule has 0 spiro atoms. The first-order valence-corrected chi connectivity index (χ1v) is 8.41. The number of aromatic amines is 1. The first kappa shape index (κ1) is 16.5. The van der Waals surface area contributed by atoms with Gasteiger partial charge in [-0.25, -0.2) is 4.79 Å². The lowest BCUT2D eigenvalue weighted by Crippen LogP contribution is -2.08. The Labute approximate surface area is 153 Å². The van der Waals surface area contributed by atoms with Crippen molar-refractivity contribution in [2.75, 3.05) is 13.4 Å². The molecule has 4 rings (SSSR count). The number of hydrogen-bond acceptors (Lipinski definition) is 6. The Balaban J connectivity index is 1.77. The Bertz CT molecular complexity index is 949. The van der Waals surface area contributed by atoms with Gasteiger partial charge in [-0.05, 0) is 30.7 Å². The number of esters is 1. The number of nitrogens with one attached hydrogen (secondary N) is 1. The van der Waals surface area contributed by atoms with Crippen LogP contribution in [-0.2, 0) is 11.2 Å². The summed E-state index contributed by atoms with van der Waals surface area (Å²) < 4.78 is 21.3. The van der Waals surface area contributed by atoms with Gasteiger partial charge in [-0.15, -0.1) is 0 Å². The number of fused-ring (bicyclic) bond motifs is 1. The van der Waals surface area contributed by atoms with Gasteiger partial charge in [0, 0.05) is 23.1 Å². The highest BCUT2D eigenvalue weighted by Gasteiger charge is 2.25. The van der Waals surface area contributed by atoms with Crippen molar-refractivity contribution in [1.29, 1.82) is 0 Å². The molecule has 1 aliphatic rings. The second kappa shape index (κ2) is 6.76. The second-order valence-electron chi connectivity index (χ2n) is 5.60. The highest BCUT2D eigenvalue weighted by Crippen LogP contribution is 2.38. The molecule has 26 heavy (non-hydrogen) atoms. The van der Waals surface area contributed by atoms with E-state index in [4.69, 9.17) is 30.2 Å². The van der Waals surface area contributed by atoms with Gasteiger partial charge in [0.1, 0.15) is 11.4 Å². The molecule has 0 amide bonds. The SMILES string of the molecule is CCOC(=O)c1[nH]nc(-c2ccco2)c1Cc1cc2c(cc1Cl)OCO2. The Morgan fingerprint density at radius 1 is 1.35 bits per heavy atom. The number of benzene rings is 1. The molecule has 0 saturated carbocycles. The van der Waals surface area contributed by atoms with E-state index < -0.39 is 5.97 Å². The number of halogens is 1. The number of aromatic nitrogens is 2. The van der Waals surface area contributed by atoms with Gasteiger partial charge in [-0.3, -0.25) is 5.10 Å². The minimum atomic E-state index is -0.482. The quantitative estimate of drug-likeness (QED) is 0.683. The van der Waals surface area contributed by atoms with Gasteiger partial charge < -0.3 is 18.6 Å². The molecule has 1 aromatic carbocycles. The lowest BCUT2D eigenvalue weighted by atomic mass is 10.0. The molecular formula is C18H15ClN2O5. The summed E-state index contributed by atoms with van der Waals surface area (Å²) in [7, 11) is 0. The van der Waals surface area contributed by atoms with Crippen molar-refractivity contribution in [2.45, 2.75) is 13.3 Å². The van der Waals surface area contributed by atoms with Crippen molar-refractivity contribution in [1.82, 2.24) is 10.2 Å². The largest absolute Gasteiger partial charge is 0.463 e. The fraction of sp³-hybridized carbons (Fsp3) is 0.222. The summed E-state index contributed by atoms with van der Waals surface area (Å²) in [6, 6.07) is 7.04. The zero-order chi connectivity index (χ0) is 18.1. The zero-order valence-corrected chi connectivity index (χ0v) is 14.6. The predicted octanol–water partition coefficient (Wildman–Crippen LogP) is 3.82. The summed E-state index contributed by atoms with van der Waals surface area (Å²) in [5.74, 6) is 1.28. The van der Waals surface area contributed by atoms with Gasteiger partial charge in [0.25, 0.3) is 0 Å². The number of ether oxygens (including phenoxy) is 3. The van der Waals surface area contributed by atoms with Crippen LogP contribution in [-0.4, -0.2) is 29.6 Å². The number of rotatable bonds is 5. The number of hydrogen-bond donors (Lipinski definition) is 1. The molecule has 0 aliphatic carbocycles. The third-order valence-corrected chi connectivity index (χ3v) is 4.36. The molecule has 7 nitrogen and oxygen atoms in total. The summed E-state index contributed by atoms with van der Waals surface area (Å²) in [5, 5.41) is 7.51. The molecule has 1 N–H and O–H groups in total. The van der Waals surface area contributed by atoms with Crippen LogP contribution in [0.25, 0.3) is 11.5 Å². The minimum absolute atomic E-state index is 0.159. The van der Waals surface area contributed by atoms with Crippen LogP contribution in [0.3, 0.4) is 0 Å². The Hall–Kier alpha value is -2.93. The zero-order valence-electron chi connectivity index (χ0n) is 13.9. The average Bonchev–Trinajstić information content (AvgIpc) is 3.35. The van der Waals surface area contributed by atoms with E-state index in [1.165, 1.54) is 0 Å². The first-order chi connectivity index (χ1) is 12.7. The molecule has 0 unspecified atom stereocenters. The van der Waals surface area contributed by atoms with E-state index in [2.05, 4.69) is 10.2 Å². The van der Waals surface area contributed by atoms with E-state index in [1.807, 2.05) is 0 Å².